The van der Waals surface area contributed by atoms with Gasteiger partial charge >= 0.3 is 5.97 Å². The van der Waals surface area contributed by atoms with Crippen LogP contribution < -0.4 is 9.64 Å². The van der Waals surface area contributed by atoms with Gasteiger partial charge in [-0.1, -0.05) is 0 Å². The monoisotopic (exact) mass is 289 g/mol. The van der Waals surface area contributed by atoms with Crippen LogP contribution in [-0.4, -0.2) is 33.3 Å². The van der Waals surface area contributed by atoms with Gasteiger partial charge in [-0.05, 0) is 49.7 Å². The molecule has 21 heavy (non-hydrogen) atoms. The number of rotatable bonds is 4. The minimum absolute atomic E-state index is 0.320. The van der Waals surface area contributed by atoms with Crippen molar-refractivity contribution in [3.63, 3.8) is 0 Å². The summed E-state index contributed by atoms with van der Waals surface area (Å²) in [6.45, 7) is 2.20. The van der Waals surface area contributed by atoms with Crippen molar-refractivity contribution in [3.05, 3.63) is 23.3 Å². The molecule has 2 aliphatic rings. The van der Waals surface area contributed by atoms with E-state index < -0.39 is 0 Å². The molecule has 0 spiro atoms. The molecule has 2 fully saturated rings. The molecule has 1 saturated heterocycles. The van der Waals surface area contributed by atoms with Crippen LogP contribution >= 0.6 is 0 Å². The van der Waals surface area contributed by atoms with Crippen LogP contribution in [0.1, 0.15) is 53.9 Å². The fraction of sp³-hybridized carbons (Fsp3) is 0.588. The van der Waals surface area contributed by atoms with Crippen LogP contribution in [0.3, 0.4) is 0 Å². The van der Waals surface area contributed by atoms with Crippen molar-refractivity contribution in [2.45, 2.75) is 38.0 Å². The molecule has 0 aromatic heterocycles. The highest BCUT2D eigenvalue weighted by molar-refractivity contribution is 5.94. The third-order valence-corrected chi connectivity index (χ3v) is 4.47. The van der Waals surface area contributed by atoms with Crippen LogP contribution in [0.2, 0.25) is 0 Å². The maximum Gasteiger partial charge on any atom is 0.341 e. The van der Waals surface area contributed by atoms with Crippen LogP contribution in [0, 0.1) is 0 Å². The first kappa shape index (κ1) is 14.2. The molecule has 4 nitrogen and oxygen atoms in total. The predicted octanol–water partition coefficient (Wildman–Crippen LogP) is 3.35. The van der Waals surface area contributed by atoms with Gasteiger partial charge in [-0.25, -0.2) is 4.79 Å². The molecule has 0 N–H and O–H groups in total. The van der Waals surface area contributed by atoms with E-state index in [9.17, 15) is 4.79 Å². The lowest BCUT2D eigenvalue weighted by Crippen LogP contribution is -2.30. The number of hydrogen-bond acceptors (Lipinski definition) is 4. The predicted molar refractivity (Wildman–Crippen MR) is 82.4 cm³/mol. The molecule has 0 unspecified atom stereocenters. The summed E-state index contributed by atoms with van der Waals surface area (Å²) in [5, 5.41) is 0. The Morgan fingerprint density at radius 2 is 1.86 bits per heavy atom. The molecule has 0 atom stereocenters. The normalized spacial score (nSPS) is 18.5. The van der Waals surface area contributed by atoms with Crippen LogP contribution in [0.15, 0.2) is 12.1 Å². The minimum atomic E-state index is -0.320. The highest BCUT2D eigenvalue weighted by atomic mass is 16.5. The van der Waals surface area contributed by atoms with E-state index in [2.05, 4.69) is 4.90 Å². The zero-order chi connectivity index (χ0) is 14.8. The number of ether oxygens (including phenoxy) is 2. The highest BCUT2D eigenvalue weighted by Gasteiger charge is 2.30. The smallest absolute Gasteiger partial charge is 0.341 e. The number of methoxy groups -OCH3 is 2. The molecule has 4 heteroatoms. The van der Waals surface area contributed by atoms with Crippen molar-refractivity contribution in [3.8, 4) is 5.75 Å². The maximum atomic E-state index is 12.0. The van der Waals surface area contributed by atoms with E-state index in [0.717, 1.165) is 13.1 Å². The lowest BCUT2D eigenvalue weighted by Gasteiger charge is -2.31. The molecule has 0 bridgehead atoms. The van der Waals surface area contributed by atoms with Crippen LogP contribution in [0.25, 0.3) is 0 Å². The Morgan fingerprint density at radius 3 is 2.43 bits per heavy atom. The molecule has 1 heterocycles. The van der Waals surface area contributed by atoms with E-state index in [4.69, 9.17) is 9.47 Å². The van der Waals surface area contributed by atoms with Crippen LogP contribution in [0.4, 0.5) is 5.69 Å². The zero-order valence-electron chi connectivity index (χ0n) is 12.9. The van der Waals surface area contributed by atoms with Crippen molar-refractivity contribution < 1.29 is 14.3 Å². The van der Waals surface area contributed by atoms with Crippen molar-refractivity contribution in [2.24, 2.45) is 0 Å². The van der Waals surface area contributed by atoms with E-state index >= 15 is 0 Å². The molecule has 1 aliphatic carbocycles. The summed E-state index contributed by atoms with van der Waals surface area (Å²) in [5.41, 5.74) is 3.09. The number of esters is 1. The third kappa shape index (κ3) is 2.85. The SMILES string of the molecule is COC(=O)c1cc(C2CC2)c(N2CCCCC2)cc1OC. The average molecular weight is 289 g/mol. The zero-order valence-corrected chi connectivity index (χ0v) is 12.9. The molecule has 1 aromatic rings. The summed E-state index contributed by atoms with van der Waals surface area (Å²) < 4.78 is 10.3. The van der Waals surface area contributed by atoms with Gasteiger partial charge in [0, 0.05) is 24.8 Å². The average Bonchev–Trinajstić information content (AvgIpc) is 3.38. The summed E-state index contributed by atoms with van der Waals surface area (Å²) in [6.07, 6.45) is 6.23. The Morgan fingerprint density at radius 1 is 1.14 bits per heavy atom. The van der Waals surface area contributed by atoms with Gasteiger partial charge in [0.2, 0.25) is 0 Å². The van der Waals surface area contributed by atoms with Crippen molar-refractivity contribution in [2.75, 3.05) is 32.2 Å². The van der Waals surface area contributed by atoms with E-state index in [1.165, 1.54) is 50.5 Å². The first-order valence-corrected chi connectivity index (χ1v) is 7.79. The summed E-state index contributed by atoms with van der Waals surface area (Å²) in [5.74, 6) is 0.891. The second-order valence-electron chi connectivity index (χ2n) is 5.92. The lowest BCUT2D eigenvalue weighted by atomic mass is 10.0. The number of hydrogen-bond donors (Lipinski definition) is 0. The summed E-state index contributed by atoms with van der Waals surface area (Å²) in [7, 11) is 3.02. The van der Waals surface area contributed by atoms with Gasteiger partial charge in [0.1, 0.15) is 11.3 Å². The molecule has 1 aliphatic heterocycles. The van der Waals surface area contributed by atoms with Gasteiger partial charge in [-0.2, -0.15) is 0 Å². The molecular weight excluding hydrogens is 266 g/mol. The first-order valence-electron chi connectivity index (χ1n) is 7.79. The van der Waals surface area contributed by atoms with Gasteiger partial charge < -0.3 is 14.4 Å². The summed E-state index contributed by atoms with van der Waals surface area (Å²) >= 11 is 0. The van der Waals surface area contributed by atoms with E-state index in [0.29, 0.717) is 17.2 Å². The minimum Gasteiger partial charge on any atom is -0.496 e. The molecule has 1 aromatic carbocycles. The summed E-state index contributed by atoms with van der Waals surface area (Å²) in [4.78, 5) is 14.4. The standard InChI is InChI=1S/C17H23NO3/c1-20-16-11-15(18-8-4-3-5-9-18)13(12-6-7-12)10-14(16)17(19)21-2/h10-12H,3-9H2,1-2H3. The molecular formula is C17H23NO3. The third-order valence-electron chi connectivity index (χ3n) is 4.47. The van der Waals surface area contributed by atoms with Gasteiger partial charge in [-0.3, -0.25) is 0 Å². The topological polar surface area (TPSA) is 38.8 Å². The number of nitrogens with zero attached hydrogens (tertiary/aromatic N) is 1. The number of benzene rings is 1. The Balaban J connectivity index is 2.03. The Bertz CT molecular complexity index is 531. The van der Waals surface area contributed by atoms with Crippen molar-refractivity contribution in [1.82, 2.24) is 0 Å². The summed E-state index contributed by atoms with van der Waals surface area (Å²) in [6, 6.07) is 4.03. The van der Waals surface area contributed by atoms with Gasteiger partial charge in [-0.15, -0.1) is 0 Å². The van der Waals surface area contributed by atoms with Gasteiger partial charge in [0.05, 0.1) is 14.2 Å². The molecule has 0 radical (unpaired) electrons. The lowest BCUT2D eigenvalue weighted by molar-refractivity contribution is 0.0597. The highest BCUT2D eigenvalue weighted by Crippen LogP contribution is 2.47. The van der Waals surface area contributed by atoms with Crippen molar-refractivity contribution in [1.29, 1.82) is 0 Å². The number of carbonyl (C=O) groups is 1. The number of piperidine rings is 1. The molecule has 1 saturated carbocycles. The second kappa shape index (κ2) is 5.96. The molecule has 3 rings (SSSR count). The fourth-order valence-electron chi connectivity index (χ4n) is 3.15. The van der Waals surface area contributed by atoms with Crippen molar-refractivity contribution >= 4 is 11.7 Å². The Labute approximate surface area is 126 Å². The number of carbonyl (C=O) groups excluding carboxylic acids is 1. The van der Waals surface area contributed by atoms with Crippen LogP contribution in [-0.2, 0) is 4.74 Å². The largest absolute Gasteiger partial charge is 0.496 e. The quantitative estimate of drug-likeness (QED) is 0.797. The number of anilines is 1. The van der Waals surface area contributed by atoms with E-state index in [1.54, 1.807) is 7.11 Å². The molecule has 0 amide bonds. The van der Waals surface area contributed by atoms with E-state index in [1.807, 2.05) is 12.1 Å². The Kier molecular flexibility index (Phi) is 4.04. The van der Waals surface area contributed by atoms with Gasteiger partial charge in [0.15, 0.2) is 0 Å². The molecule has 114 valence electrons. The first-order chi connectivity index (χ1) is 10.2. The Hall–Kier alpha value is -1.71. The fourth-order valence-corrected chi connectivity index (χ4v) is 3.15. The van der Waals surface area contributed by atoms with E-state index in [-0.39, 0.29) is 5.97 Å². The van der Waals surface area contributed by atoms with Crippen LogP contribution in [0.5, 0.6) is 5.75 Å². The second-order valence-corrected chi connectivity index (χ2v) is 5.92. The van der Waals surface area contributed by atoms with Gasteiger partial charge in [0.25, 0.3) is 0 Å². The maximum absolute atomic E-state index is 12.0.